The lowest BCUT2D eigenvalue weighted by molar-refractivity contribution is -0.146. The number of carbonyl (C=O) groups excluding carboxylic acids is 2. The van der Waals surface area contributed by atoms with Crippen molar-refractivity contribution in [2.75, 3.05) is 36.0 Å². The molecule has 2 amide bonds. The molecule has 2 fully saturated rings. The number of carbonyl (C=O) groups is 2. The zero-order chi connectivity index (χ0) is 26.5. The smallest absolute Gasteiger partial charge is 0.264 e. The van der Waals surface area contributed by atoms with E-state index >= 15 is 0 Å². The lowest BCUT2D eigenvalue weighted by Gasteiger charge is -2.32. The van der Waals surface area contributed by atoms with Crippen molar-refractivity contribution >= 4 is 47.4 Å². The highest BCUT2D eigenvalue weighted by molar-refractivity contribution is 9.10. The van der Waals surface area contributed by atoms with Crippen LogP contribution in [0.4, 0.5) is 11.4 Å². The van der Waals surface area contributed by atoms with Crippen molar-refractivity contribution < 1.29 is 24.2 Å². The van der Waals surface area contributed by atoms with Crippen molar-refractivity contribution in [3.63, 3.8) is 0 Å². The van der Waals surface area contributed by atoms with Gasteiger partial charge >= 0.3 is 0 Å². The SMILES string of the molecule is C[C@H]1[C@H]([Si](C)(C)O)[C@@H](CCO)O[C@]12C(=O)N(Cc1ccc(N3CCNCC3=O)cc1)c1ccc(Br)cc12. The molecule has 3 aliphatic heterocycles. The molecule has 3 N–H and O–H groups in total. The molecular weight excluding hydrogens is 554 g/mol. The number of fused-ring (bicyclic) bond motifs is 2. The number of benzene rings is 2. The lowest BCUT2D eigenvalue weighted by Crippen LogP contribution is -2.48. The predicted molar refractivity (Wildman–Crippen MR) is 148 cm³/mol. The summed E-state index contributed by atoms with van der Waals surface area (Å²) >= 11 is 3.57. The molecule has 8 nitrogen and oxygen atoms in total. The minimum absolute atomic E-state index is 0.0462. The maximum absolute atomic E-state index is 14.3. The molecule has 198 valence electrons. The van der Waals surface area contributed by atoms with E-state index in [2.05, 4.69) is 21.2 Å². The molecule has 5 rings (SSSR count). The van der Waals surface area contributed by atoms with Crippen LogP contribution in [0.15, 0.2) is 46.9 Å². The van der Waals surface area contributed by atoms with Gasteiger partial charge in [-0.25, -0.2) is 0 Å². The number of rotatable bonds is 6. The van der Waals surface area contributed by atoms with Crippen LogP contribution in [0.3, 0.4) is 0 Å². The number of anilines is 2. The highest BCUT2D eigenvalue weighted by Crippen LogP contribution is 2.60. The van der Waals surface area contributed by atoms with E-state index in [1.165, 1.54) is 0 Å². The summed E-state index contributed by atoms with van der Waals surface area (Å²) in [5.41, 5.74) is 1.96. The van der Waals surface area contributed by atoms with Crippen LogP contribution in [-0.2, 0) is 26.5 Å². The van der Waals surface area contributed by atoms with Gasteiger partial charge in [-0.3, -0.25) is 9.59 Å². The molecule has 0 aromatic heterocycles. The normalized spacial score (nSPS) is 27.9. The summed E-state index contributed by atoms with van der Waals surface area (Å²) in [5.74, 6) is -0.356. The van der Waals surface area contributed by atoms with Crippen molar-refractivity contribution in [1.29, 1.82) is 0 Å². The van der Waals surface area contributed by atoms with Gasteiger partial charge < -0.3 is 29.8 Å². The molecule has 2 aromatic carbocycles. The summed E-state index contributed by atoms with van der Waals surface area (Å²) < 4.78 is 7.48. The van der Waals surface area contributed by atoms with Gasteiger partial charge in [0.1, 0.15) is 0 Å². The Balaban J connectivity index is 1.49. The van der Waals surface area contributed by atoms with Gasteiger partial charge in [-0.2, -0.15) is 0 Å². The van der Waals surface area contributed by atoms with Gasteiger partial charge in [-0.05, 0) is 55.4 Å². The average Bonchev–Trinajstić information content (AvgIpc) is 3.27. The second-order valence-electron chi connectivity index (χ2n) is 10.8. The van der Waals surface area contributed by atoms with Crippen LogP contribution < -0.4 is 15.1 Å². The highest BCUT2D eigenvalue weighted by atomic mass is 79.9. The first-order chi connectivity index (χ1) is 17.6. The third kappa shape index (κ3) is 4.47. The van der Waals surface area contributed by atoms with Crippen molar-refractivity contribution in [2.24, 2.45) is 5.92 Å². The van der Waals surface area contributed by atoms with Crippen LogP contribution in [0.1, 0.15) is 24.5 Å². The maximum Gasteiger partial charge on any atom is 0.264 e. The van der Waals surface area contributed by atoms with E-state index in [0.717, 1.165) is 33.5 Å². The number of ether oxygens (including phenoxy) is 1. The zero-order valence-corrected chi connectivity index (χ0v) is 24.0. The number of hydrogen-bond acceptors (Lipinski definition) is 6. The van der Waals surface area contributed by atoms with E-state index in [0.29, 0.717) is 26.1 Å². The molecule has 37 heavy (non-hydrogen) atoms. The number of nitrogens with zero attached hydrogens (tertiary/aromatic N) is 2. The van der Waals surface area contributed by atoms with Gasteiger partial charge in [0.2, 0.25) is 5.91 Å². The summed E-state index contributed by atoms with van der Waals surface area (Å²) in [7, 11) is -2.73. The molecule has 0 radical (unpaired) electrons. The van der Waals surface area contributed by atoms with Crippen LogP contribution in [0.2, 0.25) is 18.6 Å². The van der Waals surface area contributed by atoms with E-state index in [-0.39, 0.29) is 29.9 Å². The Morgan fingerprint density at radius 3 is 2.57 bits per heavy atom. The molecule has 1 spiro atoms. The number of aliphatic hydroxyl groups excluding tert-OH is 1. The topological polar surface area (TPSA) is 102 Å². The molecule has 4 atom stereocenters. The number of hydrogen-bond donors (Lipinski definition) is 3. The van der Waals surface area contributed by atoms with Crippen LogP contribution in [-0.4, -0.2) is 62.4 Å². The van der Waals surface area contributed by atoms with Crippen LogP contribution in [0.25, 0.3) is 0 Å². The first-order valence-electron chi connectivity index (χ1n) is 12.8. The monoisotopic (exact) mass is 587 g/mol. The molecular formula is C27H34BrN3O5Si. The van der Waals surface area contributed by atoms with E-state index in [9.17, 15) is 19.5 Å². The number of nitrogens with one attached hydrogen (secondary N) is 1. The molecule has 0 aliphatic carbocycles. The summed E-state index contributed by atoms with van der Waals surface area (Å²) in [6, 6.07) is 13.6. The van der Waals surface area contributed by atoms with Crippen molar-refractivity contribution in [1.82, 2.24) is 5.32 Å². The Bertz CT molecular complexity index is 1200. The molecule has 3 aliphatic rings. The quantitative estimate of drug-likeness (QED) is 0.449. The largest absolute Gasteiger partial charge is 0.432 e. The minimum Gasteiger partial charge on any atom is -0.432 e. The Morgan fingerprint density at radius 2 is 1.92 bits per heavy atom. The van der Waals surface area contributed by atoms with Gasteiger partial charge in [0.25, 0.3) is 5.91 Å². The summed E-state index contributed by atoms with van der Waals surface area (Å²) in [5, 5.41) is 12.8. The summed E-state index contributed by atoms with van der Waals surface area (Å²) in [4.78, 5) is 41.3. The zero-order valence-electron chi connectivity index (χ0n) is 21.4. The van der Waals surface area contributed by atoms with E-state index in [1.54, 1.807) is 9.80 Å². The predicted octanol–water partition coefficient (Wildman–Crippen LogP) is 3.11. The van der Waals surface area contributed by atoms with Gasteiger partial charge in [0, 0.05) is 46.9 Å². The molecule has 10 heteroatoms. The van der Waals surface area contributed by atoms with Crippen molar-refractivity contribution in [2.45, 2.75) is 50.2 Å². The molecule has 2 saturated heterocycles. The minimum atomic E-state index is -2.73. The fourth-order valence-corrected chi connectivity index (χ4v) is 9.41. The molecule has 3 heterocycles. The lowest BCUT2D eigenvalue weighted by atomic mass is 9.82. The fraction of sp³-hybridized carbons (Fsp3) is 0.481. The Kier molecular flexibility index (Phi) is 7.10. The van der Waals surface area contributed by atoms with Crippen LogP contribution in [0.5, 0.6) is 0 Å². The standard InChI is InChI=1S/C27H34BrN3O5Si/c1-17-25(37(2,3)35)23(10-13-32)36-27(17)21-14-19(28)6-9-22(21)31(26(27)34)16-18-4-7-20(8-5-18)30-12-11-29-15-24(30)33/h4-9,14,17,23,25,29,32,35H,10-13,15-16H2,1-3H3/t17-,23+,25-,27+/m0/s1. The first kappa shape index (κ1) is 26.5. The number of amides is 2. The van der Waals surface area contributed by atoms with Gasteiger partial charge in [0.15, 0.2) is 13.9 Å². The third-order valence-electron chi connectivity index (χ3n) is 8.04. The van der Waals surface area contributed by atoms with Gasteiger partial charge in [0.05, 0.1) is 24.9 Å². The third-order valence-corrected chi connectivity index (χ3v) is 11.0. The van der Waals surface area contributed by atoms with Crippen molar-refractivity contribution in [3.8, 4) is 0 Å². The number of halogens is 1. The maximum atomic E-state index is 14.3. The summed E-state index contributed by atoms with van der Waals surface area (Å²) in [6.07, 6.45) is -0.0328. The Morgan fingerprint density at radius 1 is 1.19 bits per heavy atom. The van der Waals surface area contributed by atoms with Crippen LogP contribution >= 0.6 is 15.9 Å². The van der Waals surface area contributed by atoms with Crippen molar-refractivity contribution in [3.05, 3.63) is 58.1 Å². The number of aliphatic hydroxyl groups is 1. The molecule has 0 bridgehead atoms. The van der Waals surface area contributed by atoms with Gasteiger partial charge in [-0.1, -0.05) is 35.0 Å². The van der Waals surface area contributed by atoms with E-state index in [4.69, 9.17) is 4.74 Å². The second-order valence-corrected chi connectivity index (χ2v) is 15.7. The first-order valence-corrected chi connectivity index (χ1v) is 16.6. The van der Waals surface area contributed by atoms with E-state index in [1.807, 2.05) is 62.5 Å². The Hall–Kier alpha value is -2.08. The highest BCUT2D eigenvalue weighted by Gasteiger charge is 2.66. The average molecular weight is 589 g/mol. The van der Waals surface area contributed by atoms with Gasteiger partial charge in [-0.15, -0.1) is 0 Å². The molecule has 0 unspecified atom stereocenters. The Labute approximate surface area is 226 Å². The van der Waals surface area contributed by atoms with E-state index < -0.39 is 20.0 Å². The van der Waals surface area contributed by atoms with Crippen LogP contribution in [0, 0.1) is 5.92 Å². The molecule has 2 aromatic rings. The second kappa shape index (κ2) is 9.90. The summed E-state index contributed by atoms with van der Waals surface area (Å²) in [6.45, 7) is 7.77. The molecule has 0 saturated carbocycles. The fourth-order valence-electron chi connectivity index (χ4n) is 6.45. The number of piperazine rings is 1.